The maximum Gasteiger partial charge on any atom is 0.333 e. The lowest BCUT2D eigenvalue weighted by molar-refractivity contribution is -0.135. The van der Waals surface area contributed by atoms with Crippen LogP contribution in [-0.4, -0.2) is 13.1 Å². The topological polar surface area (TPSA) is 26.3 Å². The van der Waals surface area contributed by atoms with Crippen LogP contribution in [0, 0.1) is 6.92 Å². The van der Waals surface area contributed by atoms with Crippen LogP contribution in [0.25, 0.3) is 6.08 Å². The molecule has 1 aromatic carbocycles. The molecule has 2 nitrogen and oxygen atoms in total. The molecule has 0 N–H and O–H groups in total. The first-order valence-corrected chi connectivity index (χ1v) is 5.36. The zero-order chi connectivity index (χ0) is 11.4. The summed E-state index contributed by atoms with van der Waals surface area (Å²) in [6.07, 6.45) is 1.83. The minimum absolute atomic E-state index is 0.294. The van der Waals surface area contributed by atoms with E-state index < -0.39 is 0 Å². The van der Waals surface area contributed by atoms with Crippen molar-refractivity contribution >= 4 is 28.0 Å². The zero-order valence-corrected chi connectivity index (χ0v) is 10.6. The lowest BCUT2D eigenvalue weighted by Crippen LogP contribution is -2.01. The van der Waals surface area contributed by atoms with Crippen LogP contribution in [0.5, 0.6) is 0 Å². The summed E-state index contributed by atoms with van der Waals surface area (Å²) >= 11 is 3.39. The Morgan fingerprint density at radius 3 is 2.67 bits per heavy atom. The van der Waals surface area contributed by atoms with Crippen molar-refractivity contribution in [3.05, 3.63) is 39.4 Å². The Hall–Kier alpha value is -1.09. The van der Waals surface area contributed by atoms with Gasteiger partial charge >= 0.3 is 5.97 Å². The number of hydrogen-bond donors (Lipinski definition) is 0. The first-order chi connectivity index (χ1) is 7.04. The Labute approximate surface area is 98.1 Å². The second-order valence-electron chi connectivity index (χ2n) is 3.32. The summed E-state index contributed by atoms with van der Waals surface area (Å²) in [6.45, 7) is 3.74. The molecule has 0 fully saturated rings. The highest BCUT2D eigenvalue weighted by atomic mass is 79.9. The summed E-state index contributed by atoms with van der Waals surface area (Å²) in [5.74, 6) is -0.294. The van der Waals surface area contributed by atoms with Gasteiger partial charge in [0, 0.05) is 10.0 Å². The van der Waals surface area contributed by atoms with Crippen LogP contribution in [0.4, 0.5) is 0 Å². The number of hydrogen-bond acceptors (Lipinski definition) is 2. The summed E-state index contributed by atoms with van der Waals surface area (Å²) in [7, 11) is 1.38. The van der Waals surface area contributed by atoms with E-state index >= 15 is 0 Å². The van der Waals surface area contributed by atoms with E-state index in [2.05, 4.69) is 20.7 Å². The molecular weight excluding hydrogens is 256 g/mol. The Bertz CT molecular complexity index is 408. The van der Waals surface area contributed by atoms with E-state index in [9.17, 15) is 4.79 Å². The van der Waals surface area contributed by atoms with E-state index in [-0.39, 0.29) is 5.97 Å². The lowest BCUT2D eigenvalue weighted by atomic mass is 10.1. The highest BCUT2D eigenvalue weighted by Crippen LogP contribution is 2.18. The minimum Gasteiger partial charge on any atom is -0.466 e. The Kier molecular flexibility index (Phi) is 4.09. The number of aryl methyl sites for hydroxylation is 1. The molecule has 0 saturated carbocycles. The minimum atomic E-state index is -0.294. The predicted molar refractivity (Wildman–Crippen MR) is 64.5 cm³/mol. The van der Waals surface area contributed by atoms with Crippen LogP contribution in [0.2, 0.25) is 0 Å². The van der Waals surface area contributed by atoms with Crippen molar-refractivity contribution in [2.24, 2.45) is 0 Å². The van der Waals surface area contributed by atoms with Gasteiger partial charge < -0.3 is 4.74 Å². The highest BCUT2D eigenvalue weighted by molar-refractivity contribution is 9.10. The van der Waals surface area contributed by atoms with Crippen LogP contribution in [0.3, 0.4) is 0 Å². The van der Waals surface area contributed by atoms with Crippen molar-refractivity contribution in [3.63, 3.8) is 0 Å². The number of ether oxygens (including phenoxy) is 1. The van der Waals surface area contributed by atoms with Crippen LogP contribution in [-0.2, 0) is 9.53 Å². The molecule has 0 aromatic heterocycles. The predicted octanol–water partition coefficient (Wildman–Crippen LogP) is 3.33. The molecule has 0 aliphatic heterocycles. The molecule has 0 radical (unpaired) electrons. The highest BCUT2D eigenvalue weighted by Gasteiger charge is 2.04. The van der Waals surface area contributed by atoms with Crippen molar-refractivity contribution in [2.45, 2.75) is 13.8 Å². The summed E-state index contributed by atoms with van der Waals surface area (Å²) in [6, 6.07) is 5.92. The van der Waals surface area contributed by atoms with Crippen LogP contribution in [0.15, 0.2) is 28.2 Å². The van der Waals surface area contributed by atoms with E-state index in [0.717, 1.165) is 15.6 Å². The van der Waals surface area contributed by atoms with Gasteiger partial charge in [0.2, 0.25) is 0 Å². The molecule has 0 spiro atoms. The average Bonchev–Trinajstić information content (AvgIpc) is 2.20. The van der Waals surface area contributed by atoms with Crippen molar-refractivity contribution in [1.82, 2.24) is 0 Å². The van der Waals surface area contributed by atoms with Crippen molar-refractivity contribution < 1.29 is 9.53 Å². The number of carbonyl (C=O) groups excluding carboxylic acids is 1. The smallest absolute Gasteiger partial charge is 0.333 e. The van der Waals surface area contributed by atoms with Crippen LogP contribution >= 0.6 is 15.9 Å². The number of esters is 1. The van der Waals surface area contributed by atoms with E-state index in [1.165, 1.54) is 7.11 Å². The summed E-state index contributed by atoms with van der Waals surface area (Å²) in [5.41, 5.74) is 2.75. The quantitative estimate of drug-likeness (QED) is 0.608. The fraction of sp³-hybridized carbons (Fsp3) is 0.250. The normalized spacial score (nSPS) is 11.3. The van der Waals surface area contributed by atoms with E-state index in [1.807, 2.05) is 31.2 Å². The molecule has 15 heavy (non-hydrogen) atoms. The van der Waals surface area contributed by atoms with Gasteiger partial charge in [-0.05, 0) is 43.2 Å². The molecule has 3 heteroatoms. The van der Waals surface area contributed by atoms with E-state index in [0.29, 0.717) is 5.57 Å². The molecule has 0 unspecified atom stereocenters. The molecule has 80 valence electrons. The Morgan fingerprint density at radius 1 is 1.47 bits per heavy atom. The van der Waals surface area contributed by atoms with Crippen molar-refractivity contribution in [2.75, 3.05) is 7.11 Å². The SMILES string of the molecule is COC(=O)/C(C)=C/c1ccc(Br)cc1C. The molecule has 0 bridgehead atoms. The summed E-state index contributed by atoms with van der Waals surface area (Å²) < 4.78 is 5.67. The third-order valence-corrected chi connectivity index (χ3v) is 2.60. The maximum atomic E-state index is 11.2. The molecule has 1 rings (SSSR count). The molecule has 0 aliphatic carbocycles. The van der Waals surface area contributed by atoms with Gasteiger partial charge in [0.15, 0.2) is 0 Å². The third kappa shape index (κ3) is 3.20. The monoisotopic (exact) mass is 268 g/mol. The van der Waals surface area contributed by atoms with E-state index in [1.54, 1.807) is 6.92 Å². The molecule has 0 saturated heterocycles. The number of benzene rings is 1. The van der Waals surface area contributed by atoms with Gasteiger partial charge in [0.1, 0.15) is 0 Å². The van der Waals surface area contributed by atoms with Crippen LogP contribution < -0.4 is 0 Å². The Morgan fingerprint density at radius 2 is 2.13 bits per heavy atom. The van der Waals surface area contributed by atoms with Crippen molar-refractivity contribution in [1.29, 1.82) is 0 Å². The standard InChI is InChI=1S/C12H13BrO2/c1-8-7-11(13)5-4-10(8)6-9(2)12(14)15-3/h4-7H,1-3H3/b9-6+. The third-order valence-electron chi connectivity index (χ3n) is 2.11. The van der Waals surface area contributed by atoms with Gasteiger partial charge in [-0.2, -0.15) is 0 Å². The molecule has 1 aromatic rings. The van der Waals surface area contributed by atoms with Crippen molar-refractivity contribution in [3.8, 4) is 0 Å². The van der Waals surface area contributed by atoms with E-state index in [4.69, 9.17) is 0 Å². The average molecular weight is 269 g/mol. The van der Waals surface area contributed by atoms with Crippen LogP contribution in [0.1, 0.15) is 18.1 Å². The molecule has 0 aliphatic rings. The fourth-order valence-corrected chi connectivity index (χ4v) is 1.73. The number of rotatable bonds is 2. The molecular formula is C12H13BrO2. The van der Waals surface area contributed by atoms with Gasteiger partial charge in [0.25, 0.3) is 0 Å². The molecule has 0 heterocycles. The second kappa shape index (κ2) is 5.12. The van der Waals surface area contributed by atoms with Gasteiger partial charge in [0.05, 0.1) is 7.11 Å². The summed E-state index contributed by atoms with van der Waals surface area (Å²) in [5, 5.41) is 0. The zero-order valence-electron chi connectivity index (χ0n) is 9.00. The summed E-state index contributed by atoms with van der Waals surface area (Å²) in [4.78, 5) is 11.2. The lowest BCUT2D eigenvalue weighted by Gasteiger charge is -2.03. The van der Waals surface area contributed by atoms with Gasteiger partial charge in [-0.1, -0.05) is 22.0 Å². The van der Waals surface area contributed by atoms with Gasteiger partial charge in [-0.25, -0.2) is 4.79 Å². The first kappa shape index (κ1) is 12.0. The molecule has 0 atom stereocenters. The largest absolute Gasteiger partial charge is 0.466 e. The van der Waals surface area contributed by atoms with Gasteiger partial charge in [-0.3, -0.25) is 0 Å². The molecule has 0 amide bonds. The number of halogens is 1. The second-order valence-corrected chi connectivity index (χ2v) is 4.24. The fourth-order valence-electron chi connectivity index (χ4n) is 1.25. The maximum absolute atomic E-state index is 11.2. The number of methoxy groups -OCH3 is 1. The Balaban J connectivity index is 3.03. The number of carbonyl (C=O) groups is 1. The first-order valence-electron chi connectivity index (χ1n) is 4.57. The van der Waals surface area contributed by atoms with Gasteiger partial charge in [-0.15, -0.1) is 0 Å².